The molecule has 0 saturated carbocycles. The van der Waals surface area contributed by atoms with Gasteiger partial charge >= 0.3 is 5.97 Å². The molecule has 98 valence electrons. The number of carboxylic acid groups (broad SMARTS) is 1. The number of carbonyl (C=O) groups is 2. The number of ether oxygens (including phenoxy) is 1. The van der Waals surface area contributed by atoms with Crippen molar-refractivity contribution in [3.05, 3.63) is 28.2 Å². The minimum Gasteiger partial charge on any atom is -0.491 e. The number of primary amides is 1. The molecule has 0 fully saturated rings. The average molecular weight is 254 g/mol. The van der Waals surface area contributed by atoms with E-state index in [2.05, 4.69) is 0 Å². The maximum absolute atomic E-state index is 11.5. The zero-order valence-electron chi connectivity index (χ0n) is 10.0. The zero-order chi connectivity index (χ0) is 13.9. The van der Waals surface area contributed by atoms with Crippen molar-refractivity contribution in [2.75, 3.05) is 7.11 Å². The second-order valence-corrected chi connectivity index (χ2v) is 3.82. The zero-order valence-corrected chi connectivity index (χ0v) is 10.0. The van der Waals surface area contributed by atoms with Gasteiger partial charge in [0.05, 0.1) is 13.3 Å². The molecule has 18 heavy (non-hydrogen) atoms. The van der Waals surface area contributed by atoms with Gasteiger partial charge in [-0.25, -0.2) is 4.79 Å². The summed E-state index contributed by atoms with van der Waals surface area (Å²) in [4.78, 5) is 33.4. The van der Waals surface area contributed by atoms with Crippen LogP contribution in [0.25, 0.3) is 0 Å². The lowest BCUT2D eigenvalue weighted by atomic mass is 10.2. The number of methoxy groups -OCH3 is 1. The van der Waals surface area contributed by atoms with Crippen LogP contribution in [0.1, 0.15) is 29.9 Å². The summed E-state index contributed by atoms with van der Waals surface area (Å²) in [7, 11) is 1.31. The molecule has 1 aromatic heterocycles. The Labute approximate surface area is 103 Å². The molecule has 3 N–H and O–H groups in total. The van der Waals surface area contributed by atoms with Crippen molar-refractivity contribution in [1.29, 1.82) is 0 Å². The standard InChI is InChI=1S/C11H14N2O5/c1-6(3-10(12)15)13-5-9(18-2)8(14)4-7(13)11(16)17/h4-6H,3H2,1-2H3,(H2,12,15)(H,16,17). The van der Waals surface area contributed by atoms with Gasteiger partial charge in [0.2, 0.25) is 11.3 Å². The first-order chi connectivity index (χ1) is 8.36. The van der Waals surface area contributed by atoms with Crippen molar-refractivity contribution < 1.29 is 19.4 Å². The average Bonchev–Trinajstić information content (AvgIpc) is 2.27. The van der Waals surface area contributed by atoms with Crippen LogP contribution in [0.4, 0.5) is 0 Å². The van der Waals surface area contributed by atoms with E-state index in [4.69, 9.17) is 15.6 Å². The summed E-state index contributed by atoms with van der Waals surface area (Å²) in [5.41, 5.74) is 4.32. The van der Waals surface area contributed by atoms with Crippen LogP contribution in [0.15, 0.2) is 17.1 Å². The van der Waals surface area contributed by atoms with Gasteiger partial charge in [0.15, 0.2) is 5.75 Å². The molecule has 0 radical (unpaired) electrons. The molecule has 1 rings (SSSR count). The van der Waals surface area contributed by atoms with Gasteiger partial charge in [0.25, 0.3) is 0 Å². The van der Waals surface area contributed by atoms with Crippen molar-refractivity contribution in [1.82, 2.24) is 4.57 Å². The number of nitrogens with zero attached hydrogens (tertiary/aromatic N) is 1. The van der Waals surface area contributed by atoms with Crippen LogP contribution in [0.2, 0.25) is 0 Å². The quantitative estimate of drug-likeness (QED) is 0.767. The molecule has 0 aliphatic carbocycles. The molecule has 1 heterocycles. The van der Waals surface area contributed by atoms with Crippen molar-refractivity contribution >= 4 is 11.9 Å². The highest BCUT2D eigenvalue weighted by molar-refractivity contribution is 5.86. The molecule has 1 unspecified atom stereocenters. The first kappa shape index (κ1) is 13.8. The van der Waals surface area contributed by atoms with E-state index in [1.54, 1.807) is 6.92 Å². The first-order valence-electron chi connectivity index (χ1n) is 5.18. The third kappa shape index (κ3) is 2.88. The number of hydrogen-bond donors (Lipinski definition) is 2. The summed E-state index contributed by atoms with van der Waals surface area (Å²) in [5.74, 6) is -1.81. The van der Waals surface area contributed by atoms with Gasteiger partial charge in [-0.05, 0) is 6.92 Å². The van der Waals surface area contributed by atoms with Gasteiger partial charge in [-0.3, -0.25) is 9.59 Å². The largest absolute Gasteiger partial charge is 0.491 e. The molecule has 0 aliphatic heterocycles. The first-order valence-corrected chi connectivity index (χ1v) is 5.18. The summed E-state index contributed by atoms with van der Waals surface area (Å²) in [6, 6.07) is 0.474. The van der Waals surface area contributed by atoms with Gasteiger partial charge in [-0.2, -0.15) is 0 Å². The lowest BCUT2D eigenvalue weighted by Gasteiger charge is -2.18. The fourth-order valence-electron chi connectivity index (χ4n) is 1.61. The van der Waals surface area contributed by atoms with Gasteiger partial charge in [-0.15, -0.1) is 0 Å². The highest BCUT2D eigenvalue weighted by Gasteiger charge is 2.18. The number of hydrogen-bond acceptors (Lipinski definition) is 4. The molecule has 1 aromatic rings. The van der Waals surface area contributed by atoms with Crippen molar-refractivity contribution in [2.24, 2.45) is 5.73 Å². The number of carbonyl (C=O) groups excluding carboxylic acids is 1. The highest BCUT2D eigenvalue weighted by Crippen LogP contribution is 2.16. The van der Waals surface area contributed by atoms with E-state index in [9.17, 15) is 14.4 Å². The number of carboxylic acids is 1. The van der Waals surface area contributed by atoms with Crippen LogP contribution in [-0.2, 0) is 4.79 Å². The Balaban J connectivity index is 3.34. The monoisotopic (exact) mass is 254 g/mol. The second kappa shape index (κ2) is 5.35. The molecular formula is C11H14N2O5. The molecule has 0 spiro atoms. The van der Waals surface area contributed by atoms with Crippen molar-refractivity contribution in [2.45, 2.75) is 19.4 Å². The Morgan fingerprint density at radius 3 is 2.61 bits per heavy atom. The van der Waals surface area contributed by atoms with E-state index in [0.717, 1.165) is 6.07 Å². The summed E-state index contributed by atoms with van der Waals surface area (Å²) < 4.78 is 6.12. The Morgan fingerprint density at radius 1 is 1.56 bits per heavy atom. The van der Waals surface area contributed by atoms with E-state index in [1.807, 2.05) is 0 Å². The topological polar surface area (TPSA) is 112 Å². The molecule has 0 bridgehead atoms. The maximum atomic E-state index is 11.5. The summed E-state index contributed by atoms with van der Waals surface area (Å²) in [6.45, 7) is 1.63. The second-order valence-electron chi connectivity index (χ2n) is 3.82. The third-order valence-corrected chi connectivity index (χ3v) is 2.46. The number of pyridine rings is 1. The van der Waals surface area contributed by atoms with E-state index in [-0.39, 0.29) is 17.9 Å². The van der Waals surface area contributed by atoms with Gasteiger partial charge in [0.1, 0.15) is 5.69 Å². The normalized spacial score (nSPS) is 11.9. The van der Waals surface area contributed by atoms with Gasteiger partial charge in [-0.1, -0.05) is 0 Å². The smallest absolute Gasteiger partial charge is 0.352 e. The Morgan fingerprint density at radius 2 is 2.17 bits per heavy atom. The van der Waals surface area contributed by atoms with Crippen molar-refractivity contribution in [3.63, 3.8) is 0 Å². The molecular weight excluding hydrogens is 240 g/mol. The predicted molar refractivity (Wildman–Crippen MR) is 62.7 cm³/mol. The maximum Gasteiger partial charge on any atom is 0.352 e. The van der Waals surface area contributed by atoms with Crippen LogP contribution in [0, 0.1) is 0 Å². The van der Waals surface area contributed by atoms with E-state index >= 15 is 0 Å². The van der Waals surface area contributed by atoms with Crippen LogP contribution in [0.3, 0.4) is 0 Å². The lowest BCUT2D eigenvalue weighted by molar-refractivity contribution is -0.118. The Kier molecular flexibility index (Phi) is 4.09. The molecule has 7 heteroatoms. The van der Waals surface area contributed by atoms with E-state index in [1.165, 1.54) is 17.9 Å². The number of aromatic nitrogens is 1. The van der Waals surface area contributed by atoms with Crippen molar-refractivity contribution in [3.8, 4) is 5.75 Å². The number of amides is 1. The molecule has 1 amide bonds. The Bertz CT molecular complexity index is 535. The molecule has 0 aromatic carbocycles. The third-order valence-electron chi connectivity index (χ3n) is 2.46. The molecule has 0 saturated heterocycles. The molecule has 7 nitrogen and oxygen atoms in total. The lowest BCUT2D eigenvalue weighted by Crippen LogP contribution is -2.23. The van der Waals surface area contributed by atoms with Crippen LogP contribution >= 0.6 is 0 Å². The number of rotatable bonds is 5. The Hall–Kier alpha value is -2.31. The summed E-state index contributed by atoms with van der Waals surface area (Å²) in [5, 5.41) is 9.02. The predicted octanol–water partition coefficient (Wildman–Crippen LogP) is -0.00850. The van der Waals surface area contributed by atoms with Crippen LogP contribution in [-0.4, -0.2) is 28.7 Å². The number of aromatic carboxylic acids is 1. The van der Waals surface area contributed by atoms with Crippen LogP contribution < -0.4 is 15.9 Å². The van der Waals surface area contributed by atoms with Crippen LogP contribution in [0.5, 0.6) is 5.75 Å². The van der Waals surface area contributed by atoms with Gasteiger partial charge < -0.3 is 20.1 Å². The molecule has 0 aliphatic rings. The minimum atomic E-state index is -1.26. The van der Waals surface area contributed by atoms with E-state index in [0.29, 0.717) is 0 Å². The fraction of sp³-hybridized carbons (Fsp3) is 0.364. The fourth-order valence-corrected chi connectivity index (χ4v) is 1.61. The molecule has 1 atom stereocenters. The number of nitrogens with two attached hydrogens (primary N) is 1. The van der Waals surface area contributed by atoms with E-state index < -0.39 is 23.3 Å². The SMILES string of the molecule is COc1cn(C(C)CC(N)=O)c(C(=O)O)cc1=O. The minimum absolute atomic E-state index is 0.0105. The van der Waals surface area contributed by atoms with Gasteiger partial charge in [0, 0.05) is 18.5 Å². The summed E-state index contributed by atoms with van der Waals surface area (Å²) >= 11 is 0. The summed E-state index contributed by atoms with van der Waals surface area (Å²) in [6.07, 6.45) is 1.23. The highest BCUT2D eigenvalue weighted by atomic mass is 16.5.